The van der Waals surface area contributed by atoms with Crippen LogP contribution >= 0.6 is 0 Å². The highest BCUT2D eigenvalue weighted by molar-refractivity contribution is 5.97. The number of nitrogens with zero attached hydrogens (tertiary/aromatic N) is 1. The van der Waals surface area contributed by atoms with Crippen LogP contribution in [-0.2, 0) is 9.47 Å². The monoisotopic (exact) mass is 364 g/mol. The van der Waals surface area contributed by atoms with E-state index in [0.29, 0.717) is 32.1 Å². The highest BCUT2D eigenvalue weighted by Crippen LogP contribution is 2.40. The van der Waals surface area contributed by atoms with Crippen LogP contribution in [0.2, 0.25) is 0 Å². The number of carbonyl (C=O) groups is 1. The molecule has 26 heavy (non-hydrogen) atoms. The van der Waals surface area contributed by atoms with Gasteiger partial charge in [-0.05, 0) is 31.9 Å². The minimum absolute atomic E-state index is 0.103. The van der Waals surface area contributed by atoms with Crippen LogP contribution in [0.5, 0.6) is 11.5 Å². The molecule has 0 aromatic heterocycles. The third kappa shape index (κ3) is 3.79. The van der Waals surface area contributed by atoms with Crippen LogP contribution < -0.4 is 10.1 Å². The molecule has 1 aliphatic carbocycles. The van der Waals surface area contributed by atoms with Crippen LogP contribution in [0.25, 0.3) is 0 Å². The van der Waals surface area contributed by atoms with Crippen LogP contribution in [0.1, 0.15) is 30.1 Å². The number of hydrogen-bond donors (Lipinski definition) is 2. The first-order valence-corrected chi connectivity index (χ1v) is 9.18. The zero-order valence-corrected chi connectivity index (χ0v) is 15.5. The van der Waals surface area contributed by atoms with E-state index in [0.717, 1.165) is 25.9 Å². The lowest BCUT2D eigenvalue weighted by Crippen LogP contribution is -2.67. The molecule has 1 amide bonds. The molecule has 0 atom stereocenters. The fraction of sp³-hybridized carbons (Fsp3) is 0.632. The predicted octanol–water partition coefficient (Wildman–Crippen LogP) is 1.40. The number of aromatic hydroxyl groups is 1. The van der Waals surface area contributed by atoms with E-state index in [1.807, 2.05) is 6.92 Å². The number of morpholine rings is 1. The molecular formula is C19H28N2O5. The van der Waals surface area contributed by atoms with Crippen LogP contribution in [0.3, 0.4) is 0 Å². The molecule has 1 heterocycles. The Balaban J connectivity index is 1.67. The van der Waals surface area contributed by atoms with E-state index in [4.69, 9.17) is 14.2 Å². The average Bonchev–Trinajstić information content (AvgIpc) is 2.64. The maximum absolute atomic E-state index is 12.6. The van der Waals surface area contributed by atoms with Crippen molar-refractivity contribution in [1.82, 2.24) is 10.2 Å². The van der Waals surface area contributed by atoms with Crippen LogP contribution in [-0.4, -0.2) is 74.1 Å². The maximum atomic E-state index is 12.6. The smallest absolute Gasteiger partial charge is 0.255 e. The van der Waals surface area contributed by atoms with Crippen molar-refractivity contribution in [3.8, 4) is 11.5 Å². The van der Waals surface area contributed by atoms with Gasteiger partial charge in [0.1, 0.15) is 0 Å². The summed E-state index contributed by atoms with van der Waals surface area (Å²) in [5.74, 6) is -0.136. The molecule has 2 fully saturated rings. The first-order chi connectivity index (χ1) is 12.6. The molecule has 2 N–H and O–H groups in total. The molecule has 1 aromatic rings. The number of rotatable bonds is 7. The molecule has 1 aliphatic heterocycles. The number of phenolic OH excluding ortho intramolecular Hbond substituents is 1. The molecule has 0 radical (unpaired) electrons. The lowest BCUT2D eigenvalue weighted by molar-refractivity contribution is -0.124. The summed E-state index contributed by atoms with van der Waals surface area (Å²) >= 11 is 0. The van der Waals surface area contributed by atoms with Crippen molar-refractivity contribution in [2.24, 2.45) is 0 Å². The largest absolute Gasteiger partial charge is 0.504 e. The molecular weight excluding hydrogens is 336 g/mol. The molecule has 144 valence electrons. The summed E-state index contributed by atoms with van der Waals surface area (Å²) in [7, 11) is 1.46. The molecule has 1 saturated carbocycles. The highest BCUT2D eigenvalue weighted by atomic mass is 16.5. The molecule has 1 saturated heterocycles. The van der Waals surface area contributed by atoms with Gasteiger partial charge in [0.25, 0.3) is 5.91 Å². The van der Waals surface area contributed by atoms with Crippen molar-refractivity contribution < 1.29 is 24.1 Å². The molecule has 0 bridgehead atoms. The van der Waals surface area contributed by atoms with Crippen molar-refractivity contribution in [2.75, 3.05) is 46.6 Å². The van der Waals surface area contributed by atoms with E-state index >= 15 is 0 Å². The van der Waals surface area contributed by atoms with Crippen molar-refractivity contribution in [2.45, 2.75) is 31.4 Å². The standard InChI is InChI=1S/C19H28N2O5/c1-3-26-14-11-19(12-14,21-7-9-25-10-8-21)13-20-18(23)15-5-4-6-16(24-2)17(15)22/h4-6,14,22H,3,7-13H2,1-2H3,(H,20,23). The van der Waals surface area contributed by atoms with Gasteiger partial charge in [0.2, 0.25) is 0 Å². The lowest BCUT2D eigenvalue weighted by Gasteiger charge is -2.55. The number of nitrogens with one attached hydrogen (secondary N) is 1. The van der Waals surface area contributed by atoms with Crippen molar-refractivity contribution in [3.05, 3.63) is 23.8 Å². The van der Waals surface area contributed by atoms with Gasteiger partial charge < -0.3 is 24.6 Å². The summed E-state index contributed by atoms with van der Waals surface area (Å²) in [5, 5.41) is 13.2. The van der Waals surface area contributed by atoms with Gasteiger partial charge in [-0.1, -0.05) is 6.07 Å². The van der Waals surface area contributed by atoms with E-state index in [1.54, 1.807) is 18.2 Å². The number of hydrogen-bond acceptors (Lipinski definition) is 6. The first-order valence-electron chi connectivity index (χ1n) is 9.18. The normalized spacial score (nSPS) is 26.2. The van der Waals surface area contributed by atoms with Crippen molar-refractivity contribution in [3.63, 3.8) is 0 Å². The minimum Gasteiger partial charge on any atom is -0.504 e. The second kappa shape index (κ2) is 8.24. The number of phenols is 1. The third-order valence-electron chi connectivity index (χ3n) is 5.34. The van der Waals surface area contributed by atoms with Crippen LogP contribution in [0, 0.1) is 0 Å². The Kier molecular flexibility index (Phi) is 6.01. The fourth-order valence-corrected chi connectivity index (χ4v) is 3.90. The lowest BCUT2D eigenvalue weighted by atomic mass is 9.72. The summed E-state index contributed by atoms with van der Waals surface area (Å²) in [6.45, 7) is 6.37. The second-order valence-electron chi connectivity index (χ2n) is 6.85. The van der Waals surface area contributed by atoms with E-state index in [9.17, 15) is 9.90 Å². The SMILES string of the molecule is CCOC1CC(CNC(=O)c2cccc(OC)c2O)(N2CCOCC2)C1. The fourth-order valence-electron chi connectivity index (χ4n) is 3.90. The van der Waals surface area contributed by atoms with Crippen LogP contribution in [0.4, 0.5) is 0 Å². The number of carbonyl (C=O) groups excluding carboxylic acids is 1. The Morgan fingerprint density at radius 3 is 2.77 bits per heavy atom. The Morgan fingerprint density at radius 2 is 2.12 bits per heavy atom. The Hall–Kier alpha value is -1.83. The van der Waals surface area contributed by atoms with E-state index in [-0.39, 0.29) is 28.9 Å². The van der Waals surface area contributed by atoms with Crippen molar-refractivity contribution in [1.29, 1.82) is 0 Å². The summed E-state index contributed by atoms with van der Waals surface area (Å²) in [5.41, 5.74) is 0.121. The summed E-state index contributed by atoms with van der Waals surface area (Å²) in [4.78, 5) is 15.0. The predicted molar refractivity (Wildman–Crippen MR) is 96.8 cm³/mol. The van der Waals surface area contributed by atoms with E-state index < -0.39 is 0 Å². The van der Waals surface area contributed by atoms with Gasteiger partial charge in [0.15, 0.2) is 11.5 Å². The van der Waals surface area contributed by atoms with Gasteiger partial charge in [-0.25, -0.2) is 0 Å². The average molecular weight is 364 g/mol. The Bertz CT molecular complexity index is 624. The quantitative estimate of drug-likeness (QED) is 0.761. The number of methoxy groups -OCH3 is 1. The van der Waals surface area contributed by atoms with Crippen molar-refractivity contribution >= 4 is 5.91 Å². The van der Waals surface area contributed by atoms with Gasteiger partial charge in [0, 0.05) is 31.8 Å². The van der Waals surface area contributed by atoms with Gasteiger partial charge in [-0.3, -0.25) is 9.69 Å². The molecule has 0 unspecified atom stereocenters. The molecule has 2 aliphatic rings. The van der Waals surface area contributed by atoms with Crippen LogP contribution in [0.15, 0.2) is 18.2 Å². The molecule has 3 rings (SSSR count). The highest BCUT2D eigenvalue weighted by Gasteiger charge is 2.49. The summed E-state index contributed by atoms with van der Waals surface area (Å²) < 4.78 is 16.3. The maximum Gasteiger partial charge on any atom is 0.255 e. The number of amides is 1. The zero-order chi connectivity index (χ0) is 18.6. The van der Waals surface area contributed by atoms with E-state index in [1.165, 1.54) is 7.11 Å². The van der Waals surface area contributed by atoms with Gasteiger partial charge in [-0.2, -0.15) is 0 Å². The number of ether oxygens (including phenoxy) is 3. The third-order valence-corrected chi connectivity index (χ3v) is 5.34. The van der Waals surface area contributed by atoms with Gasteiger partial charge >= 0.3 is 0 Å². The minimum atomic E-state index is -0.297. The molecule has 0 spiro atoms. The molecule has 7 nitrogen and oxygen atoms in total. The summed E-state index contributed by atoms with van der Waals surface area (Å²) in [6.07, 6.45) is 2.03. The zero-order valence-electron chi connectivity index (χ0n) is 15.5. The topological polar surface area (TPSA) is 80.3 Å². The second-order valence-corrected chi connectivity index (χ2v) is 6.85. The number of benzene rings is 1. The molecule has 1 aromatic carbocycles. The first kappa shape index (κ1) is 18.9. The Labute approximate surface area is 154 Å². The summed E-state index contributed by atoms with van der Waals surface area (Å²) in [6, 6.07) is 4.91. The van der Waals surface area contributed by atoms with Gasteiger partial charge in [-0.15, -0.1) is 0 Å². The Morgan fingerprint density at radius 1 is 1.38 bits per heavy atom. The van der Waals surface area contributed by atoms with Gasteiger partial charge in [0.05, 0.1) is 32.0 Å². The molecule has 7 heteroatoms. The number of para-hydroxylation sites is 1. The van der Waals surface area contributed by atoms with E-state index in [2.05, 4.69) is 10.2 Å².